The van der Waals surface area contributed by atoms with Gasteiger partial charge < -0.3 is 0 Å². The molecule has 0 bridgehead atoms. The molecule has 6 heteroatoms. The van der Waals surface area contributed by atoms with Gasteiger partial charge >= 0.3 is 6.18 Å². The summed E-state index contributed by atoms with van der Waals surface area (Å²) < 4.78 is 39.2. The molecule has 3 nitrogen and oxygen atoms in total. The lowest BCUT2D eigenvalue weighted by molar-refractivity contribution is -0.137. The lowest BCUT2D eigenvalue weighted by Crippen LogP contribution is -2.24. The summed E-state index contributed by atoms with van der Waals surface area (Å²) in [5.41, 5.74) is -0.707. The van der Waals surface area contributed by atoms with E-state index in [0.717, 1.165) is 18.3 Å². The summed E-state index contributed by atoms with van der Waals surface area (Å²) in [6.45, 7) is 0. The summed E-state index contributed by atoms with van der Waals surface area (Å²) in [6, 6.07) is 5.53. The zero-order chi connectivity index (χ0) is 12.5. The fourth-order valence-corrected chi connectivity index (χ4v) is 1.42. The second-order valence-electron chi connectivity index (χ2n) is 3.49. The molecule has 0 saturated carbocycles. The van der Waals surface area contributed by atoms with Crippen LogP contribution in [0.5, 0.6) is 0 Å². The van der Waals surface area contributed by atoms with E-state index in [1.165, 1.54) is 5.01 Å². The Labute approximate surface area is 96.1 Å². The maximum Gasteiger partial charge on any atom is 0.416 e. The van der Waals surface area contributed by atoms with Gasteiger partial charge in [0.25, 0.3) is 0 Å². The van der Waals surface area contributed by atoms with Crippen LogP contribution in [0.25, 0.3) is 0 Å². The quantitative estimate of drug-likeness (QED) is 0.806. The SMILES string of the molecule is CN(c1cc(C(F)(F)F)ccn1)n1cccc1. The summed E-state index contributed by atoms with van der Waals surface area (Å²) in [4.78, 5) is 3.91. The van der Waals surface area contributed by atoms with E-state index in [9.17, 15) is 13.2 Å². The third kappa shape index (κ3) is 2.41. The van der Waals surface area contributed by atoms with Crippen LogP contribution in [0.3, 0.4) is 0 Å². The predicted molar refractivity (Wildman–Crippen MR) is 57.5 cm³/mol. The second kappa shape index (κ2) is 4.12. The first-order chi connectivity index (χ1) is 7.98. The van der Waals surface area contributed by atoms with Crippen LogP contribution in [-0.4, -0.2) is 16.7 Å². The lowest BCUT2D eigenvalue weighted by Gasteiger charge is -2.20. The van der Waals surface area contributed by atoms with E-state index < -0.39 is 11.7 Å². The molecule has 0 aliphatic heterocycles. The van der Waals surface area contributed by atoms with Gasteiger partial charge in [0.15, 0.2) is 0 Å². The fourth-order valence-electron chi connectivity index (χ4n) is 1.42. The van der Waals surface area contributed by atoms with Crippen LogP contribution >= 0.6 is 0 Å². The highest BCUT2D eigenvalue weighted by atomic mass is 19.4. The average Bonchev–Trinajstić information content (AvgIpc) is 2.80. The van der Waals surface area contributed by atoms with Crippen molar-refractivity contribution in [1.82, 2.24) is 9.66 Å². The molecule has 0 aliphatic rings. The molecule has 0 unspecified atom stereocenters. The molecule has 0 fully saturated rings. The summed E-state index contributed by atoms with van der Waals surface area (Å²) in [6.07, 6.45) is 0.247. The van der Waals surface area contributed by atoms with Crippen molar-refractivity contribution in [2.45, 2.75) is 6.18 Å². The Balaban J connectivity index is 2.34. The Morgan fingerprint density at radius 1 is 1.24 bits per heavy atom. The maximum atomic E-state index is 12.5. The number of alkyl halides is 3. The first-order valence-electron chi connectivity index (χ1n) is 4.89. The molecule has 2 aromatic rings. The van der Waals surface area contributed by atoms with E-state index in [0.29, 0.717) is 0 Å². The fraction of sp³-hybridized carbons (Fsp3) is 0.182. The van der Waals surface area contributed by atoms with Crippen molar-refractivity contribution >= 4 is 5.82 Å². The lowest BCUT2D eigenvalue weighted by atomic mass is 10.2. The molecule has 0 atom stereocenters. The molecule has 17 heavy (non-hydrogen) atoms. The molecule has 2 aromatic heterocycles. The van der Waals surface area contributed by atoms with Gasteiger partial charge in [0.2, 0.25) is 0 Å². The van der Waals surface area contributed by atoms with Gasteiger partial charge in [0, 0.05) is 25.6 Å². The van der Waals surface area contributed by atoms with E-state index in [4.69, 9.17) is 0 Å². The number of nitrogens with zero attached hydrogens (tertiary/aromatic N) is 3. The van der Waals surface area contributed by atoms with Gasteiger partial charge in [-0.1, -0.05) is 0 Å². The van der Waals surface area contributed by atoms with Gasteiger partial charge in [-0.25, -0.2) is 4.98 Å². The van der Waals surface area contributed by atoms with E-state index >= 15 is 0 Å². The minimum atomic E-state index is -4.35. The minimum absolute atomic E-state index is 0.232. The Morgan fingerprint density at radius 2 is 1.88 bits per heavy atom. The third-order valence-electron chi connectivity index (χ3n) is 2.34. The highest BCUT2D eigenvalue weighted by Crippen LogP contribution is 2.30. The molecule has 2 rings (SSSR count). The van der Waals surface area contributed by atoms with Crippen LogP contribution in [-0.2, 0) is 6.18 Å². The van der Waals surface area contributed by atoms with Crippen molar-refractivity contribution in [3.8, 4) is 0 Å². The zero-order valence-corrected chi connectivity index (χ0v) is 9.02. The predicted octanol–water partition coefficient (Wildman–Crippen LogP) is 2.80. The van der Waals surface area contributed by atoms with E-state index in [2.05, 4.69) is 4.98 Å². The van der Waals surface area contributed by atoms with Crippen LogP contribution in [0.2, 0.25) is 0 Å². The number of rotatable bonds is 2. The molecular weight excluding hydrogens is 231 g/mol. The first kappa shape index (κ1) is 11.5. The number of hydrogen-bond donors (Lipinski definition) is 0. The van der Waals surface area contributed by atoms with Crippen molar-refractivity contribution in [2.24, 2.45) is 0 Å². The number of halogens is 3. The highest BCUT2D eigenvalue weighted by Gasteiger charge is 2.31. The molecule has 90 valence electrons. The number of aromatic nitrogens is 2. The number of anilines is 1. The van der Waals surface area contributed by atoms with E-state index in [1.54, 1.807) is 36.3 Å². The van der Waals surface area contributed by atoms with Crippen LogP contribution in [0.4, 0.5) is 19.0 Å². The zero-order valence-electron chi connectivity index (χ0n) is 9.02. The molecule has 0 amide bonds. The molecule has 0 spiro atoms. The normalized spacial score (nSPS) is 11.5. The molecular formula is C11H10F3N3. The molecule has 0 aliphatic carbocycles. The topological polar surface area (TPSA) is 21.1 Å². The van der Waals surface area contributed by atoms with Gasteiger partial charge in [-0.3, -0.25) is 9.69 Å². The monoisotopic (exact) mass is 241 g/mol. The Kier molecular flexibility index (Phi) is 2.79. The van der Waals surface area contributed by atoms with Crippen LogP contribution in [0.1, 0.15) is 5.56 Å². The molecule has 0 aromatic carbocycles. The Hall–Kier alpha value is -1.98. The minimum Gasteiger partial charge on any atom is -0.268 e. The summed E-state index contributed by atoms with van der Waals surface area (Å²) in [5.74, 6) is 0.232. The molecule has 2 heterocycles. The van der Waals surface area contributed by atoms with Gasteiger partial charge in [-0.2, -0.15) is 13.2 Å². The van der Waals surface area contributed by atoms with Crippen molar-refractivity contribution in [1.29, 1.82) is 0 Å². The van der Waals surface area contributed by atoms with Crippen LogP contribution in [0.15, 0.2) is 42.9 Å². The van der Waals surface area contributed by atoms with Gasteiger partial charge in [0.1, 0.15) is 5.82 Å². The Bertz CT molecular complexity index is 491. The summed E-state index contributed by atoms with van der Waals surface area (Å²) >= 11 is 0. The standard InChI is InChI=1S/C11H10F3N3/c1-16(17-6-2-3-7-17)10-8-9(4-5-15-10)11(12,13)14/h2-8H,1H3. The van der Waals surface area contributed by atoms with Crippen molar-refractivity contribution < 1.29 is 13.2 Å². The number of hydrogen-bond acceptors (Lipinski definition) is 2. The van der Waals surface area contributed by atoms with Gasteiger partial charge in [0.05, 0.1) is 5.56 Å². The van der Waals surface area contributed by atoms with Crippen LogP contribution in [0, 0.1) is 0 Å². The largest absolute Gasteiger partial charge is 0.416 e. The smallest absolute Gasteiger partial charge is 0.268 e. The summed E-state index contributed by atoms with van der Waals surface area (Å²) in [5, 5.41) is 1.52. The number of pyridine rings is 1. The molecule has 0 saturated heterocycles. The van der Waals surface area contributed by atoms with Crippen molar-refractivity contribution in [3.05, 3.63) is 48.4 Å². The molecule has 0 radical (unpaired) electrons. The molecule has 0 N–H and O–H groups in total. The second-order valence-corrected chi connectivity index (χ2v) is 3.49. The van der Waals surface area contributed by atoms with Crippen molar-refractivity contribution in [3.63, 3.8) is 0 Å². The maximum absolute atomic E-state index is 12.5. The van der Waals surface area contributed by atoms with Gasteiger partial charge in [-0.15, -0.1) is 0 Å². The average molecular weight is 241 g/mol. The van der Waals surface area contributed by atoms with Gasteiger partial charge in [-0.05, 0) is 24.3 Å². The summed E-state index contributed by atoms with van der Waals surface area (Å²) in [7, 11) is 1.64. The van der Waals surface area contributed by atoms with E-state index in [-0.39, 0.29) is 5.82 Å². The highest BCUT2D eigenvalue weighted by molar-refractivity contribution is 5.40. The first-order valence-corrected chi connectivity index (χ1v) is 4.89. The van der Waals surface area contributed by atoms with E-state index in [1.807, 2.05) is 0 Å². The third-order valence-corrected chi connectivity index (χ3v) is 2.34. The van der Waals surface area contributed by atoms with Crippen molar-refractivity contribution in [2.75, 3.05) is 12.1 Å². The Morgan fingerprint density at radius 3 is 2.47 bits per heavy atom. The van der Waals surface area contributed by atoms with Crippen LogP contribution < -0.4 is 5.01 Å².